The van der Waals surface area contributed by atoms with Gasteiger partial charge in [-0.2, -0.15) is 0 Å². The number of anilines is 1. The van der Waals surface area contributed by atoms with Crippen LogP contribution in [0.1, 0.15) is 15.9 Å². The zero-order valence-corrected chi connectivity index (χ0v) is 14.3. The van der Waals surface area contributed by atoms with Crippen molar-refractivity contribution in [1.29, 1.82) is 0 Å². The van der Waals surface area contributed by atoms with Gasteiger partial charge in [-0.1, -0.05) is 59.1 Å². The number of rotatable bonds is 2. The van der Waals surface area contributed by atoms with Crippen LogP contribution in [0, 0.1) is 6.92 Å². The highest BCUT2D eigenvalue weighted by molar-refractivity contribution is 6.43. The molecule has 3 nitrogen and oxygen atoms in total. The predicted molar refractivity (Wildman–Crippen MR) is 95.9 cm³/mol. The van der Waals surface area contributed by atoms with Gasteiger partial charge in [0.05, 0.1) is 16.1 Å². The Kier molecular flexibility index (Phi) is 4.44. The maximum absolute atomic E-state index is 12.5. The van der Waals surface area contributed by atoms with Gasteiger partial charge in [-0.15, -0.1) is 0 Å². The predicted octanol–water partition coefficient (Wildman–Crippen LogP) is 5.76. The molecule has 1 heterocycles. The van der Waals surface area contributed by atoms with E-state index in [1.165, 1.54) is 0 Å². The van der Waals surface area contributed by atoms with Gasteiger partial charge >= 0.3 is 0 Å². The molecule has 3 rings (SSSR count). The van der Waals surface area contributed by atoms with Crippen LogP contribution in [-0.4, -0.2) is 10.9 Å². The van der Waals surface area contributed by atoms with Crippen LogP contribution in [0.4, 0.5) is 5.69 Å². The molecule has 0 unspecified atom stereocenters. The molecule has 0 fully saturated rings. The zero-order valence-electron chi connectivity index (χ0n) is 12.0. The van der Waals surface area contributed by atoms with Crippen LogP contribution in [0.15, 0.2) is 42.5 Å². The highest BCUT2D eigenvalue weighted by atomic mass is 35.5. The fraction of sp³-hybridized carbons (Fsp3) is 0.0588. The van der Waals surface area contributed by atoms with E-state index >= 15 is 0 Å². The Bertz CT molecular complexity index is 925. The van der Waals surface area contributed by atoms with Gasteiger partial charge in [-0.3, -0.25) is 4.79 Å². The maximum atomic E-state index is 12.5. The van der Waals surface area contributed by atoms with Gasteiger partial charge in [0.25, 0.3) is 5.91 Å². The highest BCUT2D eigenvalue weighted by Crippen LogP contribution is 2.31. The molecule has 1 N–H and O–H groups in total. The smallest absolute Gasteiger partial charge is 0.260 e. The first-order valence-electron chi connectivity index (χ1n) is 6.78. The standard InChI is InChI=1S/C17H11Cl3N2O/c1-9-6-7-10(8-12(9)18)21-17(23)14-15(19)11-4-2-3-5-13(11)22-16(14)20/h2-8H,1H3,(H,21,23). The van der Waals surface area contributed by atoms with Crippen molar-refractivity contribution in [2.24, 2.45) is 0 Å². The number of hydrogen-bond acceptors (Lipinski definition) is 2. The van der Waals surface area contributed by atoms with Crippen molar-refractivity contribution >= 4 is 57.3 Å². The van der Waals surface area contributed by atoms with E-state index in [-0.39, 0.29) is 15.7 Å². The van der Waals surface area contributed by atoms with E-state index in [1.807, 2.05) is 25.1 Å². The lowest BCUT2D eigenvalue weighted by atomic mass is 10.1. The Balaban J connectivity index is 2.02. The van der Waals surface area contributed by atoms with Gasteiger partial charge in [-0.25, -0.2) is 4.98 Å². The third kappa shape index (κ3) is 3.13. The second kappa shape index (κ2) is 6.36. The molecule has 1 aromatic heterocycles. The van der Waals surface area contributed by atoms with E-state index < -0.39 is 5.91 Å². The summed E-state index contributed by atoms with van der Waals surface area (Å²) in [5.41, 5.74) is 2.26. The molecular weight excluding hydrogens is 355 g/mol. The minimum absolute atomic E-state index is 0.0596. The van der Waals surface area contributed by atoms with Crippen LogP contribution in [0.5, 0.6) is 0 Å². The molecule has 0 saturated heterocycles. The molecule has 0 spiro atoms. The topological polar surface area (TPSA) is 42.0 Å². The number of halogens is 3. The number of para-hydroxylation sites is 1. The van der Waals surface area contributed by atoms with E-state index in [1.54, 1.807) is 24.3 Å². The average Bonchev–Trinajstić information content (AvgIpc) is 2.51. The number of benzene rings is 2. The number of carbonyl (C=O) groups excluding carboxylic acids is 1. The number of nitrogens with zero attached hydrogens (tertiary/aromatic N) is 1. The van der Waals surface area contributed by atoms with Crippen molar-refractivity contribution in [3.05, 3.63) is 68.8 Å². The van der Waals surface area contributed by atoms with Crippen LogP contribution < -0.4 is 5.32 Å². The van der Waals surface area contributed by atoms with Gasteiger partial charge in [0, 0.05) is 16.1 Å². The molecule has 2 aromatic carbocycles. The van der Waals surface area contributed by atoms with E-state index in [0.29, 0.717) is 21.6 Å². The van der Waals surface area contributed by atoms with Crippen molar-refractivity contribution in [3.8, 4) is 0 Å². The summed E-state index contributed by atoms with van der Waals surface area (Å²) in [6.07, 6.45) is 0. The van der Waals surface area contributed by atoms with E-state index in [2.05, 4.69) is 10.3 Å². The monoisotopic (exact) mass is 364 g/mol. The Morgan fingerprint density at radius 3 is 2.57 bits per heavy atom. The third-order valence-corrected chi connectivity index (χ3v) is 4.51. The van der Waals surface area contributed by atoms with Crippen molar-refractivity contribution in [2.75, 3.05) is 5.32 Å². The number of fused-ring (bicyclic) bond motifs is 1. The third-order valence-electron chi connectivity index (χ3n) is 3.44. The molecule has 0 aliphatic carbocycles. The number of aryl methyl sites for hydroxylation is 1. The lowest BCUT2D eigenvalue weighted by Gasteiger charge is -2.11. The van der Waals surface area contributed by atoms with E-state index in [4.69, 9.17) is 34.8 Å². The van der Waals surface area contributed by atoms with Gasteiger partial charge < -0.3 is 5.32 Å². The summed E-state index contributed by atoms with van der Waals surface area (Å²) in [5, 5.41) is 4.31. The molecular formula is C17H11Cl3N2O. The van der Waals surface area contributed by atoms with Gasteiger partial charge in [0.15, 0.2) is 0 Å². The van der Waals surface area contributed by atoms with Gasteiger partial charge in [0.1, 0.15) is 5.15 Å². The largest absolute Gasteiger partial charge is 0.322 e. The SMILES string of the molecule is Cc1ccc(NC(=O)c2c(Cl)nc3ccccc3c2Cl)cc1Cl. The van der Waals surface area contributed by atoms with Crippen LogP contribution in [0.25, 0.3) is 10.9 Å². The number of amides is 1. The molecule has 0 bridgehead atoms. The first kappa shape index (κ1) is 16.1. The van der Waals surface area contributed by atoms with Crippen LogP contribution in [0.2, 0.25) is 15.2 Å². The van der Waals surface area contributed by atoms with Crippen molar-refractivity contribution in [1.82, 2.24) is 4.98 Å². The lowest BCUT2D eigenvalue weighted by Crippen LogP contribution is -2.14. The first-order chi connectivity index (χ1) is 11.0. The summed E-state index contributed by atoms with van der Waals surface area (Å²) < 4.78 is 0. The van der Waals surface area contributed by atoms with Crippen molar-refractivity contribution < 1.29 is 4.79 Å². The fourth-order valence-corrected chi connectivity index (χ4v) is 3.04. The number of hydrogen-bond donors (Lipinski definition) is 1. The molecule has 0 atom stereocenters. The number of pyridine rings is 1. The molecule has 23 heavy (non-hydrogen) atoms. The number of carbonyl (C=O) groups is 1. The van der Waals surface area contributed by atoms with Crippen LogP contribution >= 0.6 is 34.8 Å². The Morgan fingerprint density at radius 2 is 1.83 bits per heavy atom. The molecule has 1 amide bonds. The highest BCUT2D eigenvalue weighted by Gasteiger charge is 2.19. The summed E-state index contributed by atoms with van der Waals surface area (Å²) in [6, 6.07) is 12.5. The molecule has 0 aliphatic rings. The summed E-state index contributed by atoms with van der Waals surface area (Å²) in [4.78, 5) is 16.8. The maximum Gasteiger partial charge on any atom is 0.260 e. The van der Waals surface area contributed by atoms with E-state index in [0.717, 1.165) is 5.56 Å². The molecule has 6 heteroatoms. The van der Waals surface area contributed by atoms with Gasteiger partial charge in [0.2, 0.25) is 0 Å². The fourth-order valence-electron chi connectivity index (χ4n) is 2.20. The molecule has 0 aliphatic heterocycles. The van der Waals surface area contributed by atoms with E-state index in [9.17, 15) is 4.79 Å². The average molecular weight is 366 g/mol. The number of nitrogens with one attached hydrogen (secondary N) is 1. The molecule has 0 radical (unpaired) electrons. The van der Waals surface area contributed by atoms with Crippen LogP contribution in [0.3, 0.4) is 0 Å². The Hall–Kier alpha value is -1.81. The summed E-state index contributed by atoms with van der Waals surface area (Å²) in [7, 11) is 0. The second-order valence-electron chi connectivity index (χ2n) is 5.03. The minimum atomic E-state index is -0.432. The first-order valence-corrected chi connectivity index (χ1v) is 7.92. The summed E-state index contributed by atoms with van der Waals surface area (Å²) in [5.74, 6) is -0.432. The molecule has 3 aromatic rings. The normalized spacial score (nSPS) is 10.8. The van der Waals surface area contributed by atoms with Crippen molar-refractivity contribution in [2.45, 2.75) is 6.92 Å². The van der Waals surface area contributed by atoms with Crippen molar-refractivity contribution in [3.63, 3.8) is 0 Å². The minimum Gasteiger partial charge on any atom is -0.322 e. The number of aromatic nitrogens is 1. The second-order valence-corrected chi connectivity index (χ2v) is 6.17. The zero-order chi connectivity index (χ0) is 16.6. The quantitative estimate of drug-likeness (QED) is 0.587. The lowest BCUT2D eigenvalue weighted by molar-refractivity contribution is 0.102. The summed E-state index contributed by atoms with van der Waals surface area (Å²) >= 11 is 18.6. The van der Waals surface area contributed by atoms with Crippen LogP contribution in [-0.2, 0) is 0 Å². The van der Waals surface area contributed by atoms with Gasteiger partial charge in [-0.05, 0) is 30.7 Å². The molecule has 0 saturated carbocycles. The summed E-state index contributed by atoms with van der Waals surface area (Å²) in [6.45, 7) is 1.88. The molecule has 116 valence electrons. The Morgan fingerprint density at radius 1 is 1.09 bits per heavy atom. The Labute approximate surface area is 148 Å².